The van der Waals surface area contributed by atoms with E-state index < -0.39 is 0 Å². The average Bonchev–Trinajstić information content (AvgIpc) is 2.64. The van der Waals surface area contributed by atoms with Crippen molar-refractivity contribution in [3.8, 4) is 17.2 Å². The SMILES string of the molecule is CCCC(C)(Pc1ccc(F)cc1/C=N/C)c1cc(OC)cc(OC)c1O. The van der Waals surface area contributed by atoms with E-state index in [-0.39, 0.29) is 16.7 Å². The van der Waals surface area contributed by atoms with Gasteiger partial charge in [-0.15, -0.1) is 0 Å². The van der Waals surface area contributed by atoms with E-state index in [1.54, 1.807) is 32.5 Å². The van der Waals surface area contributed by atoms with Crippen molar-refractivity contribution in [1.82, 2.24) is 0 Å². The van der Waals surface area contributed by atoms with Crippen LogP contribution < -0.4 is 14.8 Å². The largest absolute Gasteiger partial charge is 0.504 e. The highest BCUT2D eigenvalue weighted by Gasteiger charge is 2.32. The van der Waals surface area contributed by atoms with Crippen molar-refractivity contribution in [2.45, 2.75) is 31.8 Å². The summed E-state index contributed by atoms with van der Waals surface area (Å²) in [6.07, 6.45) is 3.44. The van der Waals surface area contributed by atoms with Gasteiger partial charge in [-0.1, -0.05) is 34.9 Å². The molecule has 0 fully saturated rings. The minimum absolute atomic E-state index is 0.120. The molecule has 2 rings (SSSR count). The fraction of sp³-hybridized carbons (Fsp3) is 0.381. The molecule has 0 aliphatic carbocycles. The van der Waals surface area contributed by atoms with Crippen LogP contribution in [-0.2, 0) is 5.16 Å². The lowest BCUT2D eigenvalue weighted by molar-refractivity contribution is 0.357. The van der Waals surface area contributed by atoms with Crippen molar-refractivity contribution >= 4 is 20.1 Å². The molecule has 146 valence electrons. The molecule has 0 bridgehead atoms. The number of ether oxygens (including phenoxy) is 2. The summed E-state index contributed by atoms with van der Waals surface area (Å²) in [6.45, 7) is 4.22. The molecule has 2 aromatic rings. The van der Waals surface area contributed by atoms with Crippen molar-refractivity contribution < 1.29 is 19.0 Å². The maximum absolute atomic E-state index is 13.7. The van der Waals surface area contributed by atoms with Crippen LogP contribution in [0.1, 0.15) is 37.8 Å². The second kappa shape index (κ2) is 9.18. The normalized spacial score (nSPS) is 14.0. The molecule has 2 unspecified atom stereocenters. The molecule has 0 heterocycles. The van der Waals surface area contributed by atoms with E-state index in [2.05, 4.69) is 18.8 Å². The summed E-state index contributed by atoms with van der Waals surface area (Å²) in [5, 5.41) is 11.4. The summed E-state index contributed by atoms with van der Waals surface area (Å²) < 4.78 is 24.4. The van der Waals surface area contributed by atoms with E-state index in [9.17, 15) is 9.50 Å². The topological polar surface area (TPSA) is 51.0 Å². The number of aromatic hydroxyl groups is 1. The average molecular weight is 391 g/mol. The van der Waals surface area contributed by atoms with Gasteiger partial charge in [-0.05, 0) is 29.9 Å². The van der Waals surface area contributed by atoms with Crippen LogP contribution in [0.3, 0.4) is 0 Å². The summed E-state index contributed by atoms with van der Waals surface area (Å²) in [5.74, 6) is 0.836. The van der Waals surface area contributed by atoms with E-state index in [0.717, 1.165) is 29.3 Å². The van der Waals surface area contributed by atoms with Crippen molar-refractivity contribution in [3.63, 3.8) is 0 Å². The predicted octanol–water partition coefficient (Wildman–Crippen LogP) is 4.62. The van der Waals surface area contributed by atoms with Gasteiger partial charge in [0.05, 0.1) is 14.2 Å². The molecule has 2 aromatic carbocycles. The summed E-state index contributed by atoms with van der Waals surface area (Å²) >= 11 is 0. The van der Waals surface area contributed by atoms with Gasteiger partial charge >= 0.3 is 0 Å². The van der Waals surface area contributed by atoms with Gasteiger partial charge in [0, 0.05) is 35.6 Å². The monoisotopic (exact) mass is 391 g/mol. The van der Waals surface area contributed by atoms with Gasteiger partial charge in [0.2, 0.25) is 0 Å². The second-order valence-corrected chi connectivity index (χ2v) is 8.44. The van der Waals surface area contributed by atoms with Crippen LogP contribution in [-0.4, -0.2) is 32.6 Å². The Balaban J connectivity index is 2.60. The van der Waals surface area contributed by atoms with Gasteiger partial charge in [0.25, 0.3) is 0 Å². The third kappa shape index (κ3) is 4.78. The van der Waals surface area contributed by atoms with E-state index in [1.165, 1.54) is 19.2 Å². The molecule has 2 atom stereocenters. The summed E-state index contributed by atoms with van der Waals surface area (Å²) in [5.41, 5.74) is 1.52. The highest BCUT2D eigenvalue weighted by atomic mass is 31.1. The number of phenols is 1. The number of nitrogens with zero attached hydrogens (tertiary/aromatic N) is 1. The Morgan fingerprint density at radius 2 is 1.96 bits per heavy atom. The van der Waals surface area contributed by atoms with Crippen molar-refractivity contribution in [2.75, 3.05) is 21.3 Å². The molecule has 1 N–H and O–H groups in total. The van der Waals surface area contributed by atoms with E-state index in [4.69, 9.17) is 9.47 Å². The maximum Gasteiger partial charge on any atom is 0.164 e. The summed E-state index contributed by atoms with van der Waals surface area (Å²) in [4.78, 5) is 4.05. The van der Waals surface area contributed by atoms with Gasteiger partial charge in [-0.3, -0.25) is 4.99 Å². The molecule has 6 heteroatoms. The van der Waals surface area contributed by atoms with Crippen LogP contribution in [0.15, 0.2) is 35.3 Å². The predicted molar refractivity (Wildman–Crippen MR) is 111 cm³/mol. The van der Waals surface area contributed by atoms with Crippen LogP contribution in [0.2, 0.25) is 0 Å². The van der Waals surface area contributed by atoms with Gasteiger partial charge in [0.1, 0.15) is 11.6 Å². The van der Waals surface area contributed by atoms with Crippen molar-refractivity contribution in [1.29, 1.82) is 0 Å². The highest BCUT2D eigenvalue weighted by Crippen LogP contribution is 2.51. The lowest BCUT2D eigenvalue weighted by Crippen LogP contribution is -2.21. The molecule has 0 radical (unpaired) electrons. The number of hydrogen-bond donors (Lipinski definition) is 1. The van der Waals surface area contributed by atoms with Crippen molar-refractivity contribution in [2.24, 2.45) is 4.99 Å². The molecule has 0 amide bonds. The Kier molecular flexibility index (Phi) is 7.20. The number of hydrogen-bond acceptors (Lipinski definition) is 4. The first-order valence-corrected chi connectivity index (χ1v) is 9.83. The molecule has 0 aliphatic rings. The number of phenolic OH excluding ortho intramolecular Hbond substituents is 1. The van der Waals surface area contributed by atoms with E-state index >= 15 is 0 Å². The van der Waals surface area contributed by atoms with Crippen molar-refractivity contribution in [3.05, 3.63) is 47.3 Å². The summed E-state index contributed by atoms with van der Waals surface area (Å²) in [6, 6.07) is 8.29. The Bertz CT molecular complexity index is 825. The van der Waals surface area contributed by atoms with E-state index in [1.807, 2.05) is 6.07 Å². The minimum atomic E-state index is -0.366. The third-order valence-corrected chi connectivity index (χ3v) is 6.34. The first-order valence-electron chi connectivity index (χ1n) is 8.83. The van der Waals surface area contributed by atoms with Crippen LogP contribution >= 0.6 is 8.58 Å². The number of rotatable bonds is 8. The molecular formula is C21H27FNO3P. The molecule has 0 saturated heterocycles. The van der Waals surface area contributed by atoms with Crippen LogP contribution in [0.4, 0.5) is 4.39 Å². The minimum Gasteiger partial charge on any atom is -0.504 e. The number of methoxy groups -OCH3 is 2. The smallest absolute Gasteiger partial charge is 0.164 e. The zero-order valence-electron chi connectivity index (χ0n) is 16.5. The molecule has 0 aliphatic heterocycles. The molecule has 0 aromatic heterocycles. The quantitative estimate of drug-likeness (QED) is 0.528. The van der Waals surface area contributed by atoms with Gasteiger partial charge in [-0.25, -0.2) is 4.39 Å². The molecule has 27 heavy (non-hydrogen) atoms. The zero-order valence-corrected chi connectivity index (χ0v) is 17.5. The molecular weight excluding hydrogens is 364 g/mol. The Labute approximate surface area is 162 Å². The first-order chi connectivity index (χ1) is 12.9. The number of benzene rings is 2. The standard InChI is InChI=1S/C21H27FNO3P/c1-6-9-21(2,17-11-16(25-4)12-18(26-5)20(17)24)27-19-8-7-15(22)10-14(19)13-23-3/h7-8,10-13,24,27H,6,9H2,1-5H3/b23-13+. The van der Waals surface area contributed by atoms with E-state index in [0.29, 0.717) is 20.1 Å². The Morgan fingerprint density at radius 3 is 2.56 bits per heavy atom. The first kappa shape index (κ1) is 21.2. The van der Waals surface area contributed by atoms with Crippen LogP contribution in [0.25, 0.3) is 0 Å². The highest BCUT2D eigenvalue weighted by molar-refractivity contribution is 7.48. The summed E-state index contributed by atoms with van der Waals surface area (Å²) in [7, 11) is 5.08. The number of halogens is 1. The van der Waals surface area contributed by atoms with Crippen LogP contribution in [0.5, 0.6) is 17.2 Å². The fourth-order valence-corrected chi connectivity index (χ4v) is 4.97. The fourth-order valence-electron chi connectivity index (χ4n) is 3.23. The molecule has 0 spiro atoms. The Hall–Kier alpha value is -2.13. The molecule has 0 saturated carbocycles. The Morgan fingerprint density at radius 1 is 1.22 bits per heavy atom. The lowest BCUT2D eigenvalue weighted by Gasteiger charge is -2.32. The van der Waals surface area contributed by atoms with Gasteiger partial charge in [0.15, 0.2) is 11.5 Å². The zero-order chi connectivity index (χ0) is 20.0. The molecule has 4 nitrogen and oxygen atoms in total. The third-order valence-electron chi connectivity index (χ3n) is 4.54. The lowest BCUT2D eigenvalue weighted by atomic mass is 9.93. The second-order valence-electron chi connectivity index (χ2n) is 6.55. The van der Waals surface area contributed by atoms with Crippen LogP contribution in [0, 0.1) is 5.82 Å². The van der Waals surface area contributed by atoms with Gasteiger partial charge < -0.3 is 14.6 Å². The maximum atomic E-state index is 13.7. The van der Waals surface area contributed by atoms with Gasteiger partial charge in [-0.2, -0.15) is 0 Å². The number of aliphatic imine (C=N–C) groups is 1.